The van der Waals surface area contributed by atoms with E-state index in [4.69, 9.17) is 16.3 Å². The van der Waals surface area contributed by atoms with Crippen LogP contribution in [0, 0.1) is 10.1 Å². The average Bonchev–Trinajstić information content (AvgIpc) is 2.56. The van der Waals surface area contributed by atoms with Gasteiger partial charge in [0, 0.05) is 16.2 Å². The summed E-state index contributed by atoms with van der Waals surface area (Å²) in [6.07, 6.45) is -1.09. The molecular weight excluding hydrogens is 416 g/mol. The standard InChI is InChI=1S/C16H12BrClN2O5/c1-9(15(21)19-12-5-3-11(17)4-6-12)25-16(22)10-2-7-13(18)14(8-10)20(23)24/h2-9H,1H3,(H,19,21). The Kier molecular flexibility index (Phi) is 6.11. The fourth-order valence-corrected chi connectivity index (χ4v) is 2.29. The summed E-state index contributed by atoms with van der Waals surface area (Å²) >= 11 is 8.97. The van der Waals surface area contributed by atoms with E-state index in [9.17, 15) is 19.7 Å². The van der Waals surface area contributed by atoms with E-state index < -0.39 is 28.6 Å². The number of benzene rings is 2. The Bertz CT molecular complexity index is 826. The molecule has 0 fully saturated rings. The number of nitrogens with one attached hydrogen (secondary N) is 1. The van der Waals surface area contributed by atoms with Gasteiger partial charge in [0.25, 0.3) is 11.6 Å². The van der Waals surface area contributed by atoms with Crippen LogP contribution < -0.4 is 5.32 Å². The Hall–Kier alpha value is -2.45. The molecule has 0 bridgehead atoms. The quantitative estimate of drug-likeness (QED) is 0.438. The molecule has 7 nitrogen and oxygen atoms in total. The summed E-state index contributed by atoms with van der Waals surface area (Å²) in [5.41, 5.74) is 0.0562. The smallest absolute Gasteiger partial charge is 0.339 e. The summed E-state index contributed by atoms with van der Waals surface area (Å²) in [7, 11) is 0. The predicted octanol–water partition coefficient (Wildman–Crippen LogP) is 4.19. The molecule has 130 valence electrons. The van der Waals surface area contributed by atoms with Gasteiger partial charge in [-0.25, -0.2) is 4.79 Å². The third kappa shape index (κ3) is 5.01. The molecule has 1 unspecified atom stereocenters. The summed E-state index contributed by atoms with van der Waals surface area (Å²) in [6.45, 7) is 1.40. The minimum absolute atomic E-state index is 0.0700. The maximum absolute atomic E-state index is 12.1. The first-order valence-electron chi connectivity index (χ1n) is 6.99. The zero-order valence-electron chi connectivity index (χ0n) is 12.9. The van der Waals surface area contributed by atoms with Gasteiger partial charge in [0.2, 0.25) is 0 Å². The fourth-order valence-electron chi connectivity index (χ4n) is 1.84. The molecule has 0 aromatic heterocycles. The van der Waals surface area contributed by atoms with Gasteiger partial charge in [0.15, 0.2) is 6.10 Å². The predicted molar refractivity (Wildman–Crippen MR) is 95.8 cm³/mol. The molecule has 9 heteroatoms. The van der Waals surface area contributed by atoms with Crippen molar-refractivity contribution in [1.82, 2.24) is 0 Å². The highest BCUT2D eigenvalue weighted by atomic mass is 79.9. The number of hydrogen-bond donors (Lipinski definition) is 1. The van der Waals surface area contributed by atoms with E-state index in [1.807, 2.05) is 0 Å². The Morgan fingerprint density at radius 2 is 1.88 bits per heavy atom. The number of halogens is 2. The summed E-state index contributed by atoms with van der Waals surface area (Å²) in [5, 5.41) is 13.4. The number of ether oxygens (including phenoxy) is 1. The van der Waals surface area contributed by atoms with Crippen molar-refractivity contribution < 1.29 is 19.2 Å². The highest BCUT2D eigenvalue weighted by Gasteiger charge is 2.22. The Morgan fingerprint density at radius 1 is 1.24 bits per heavy atom. The molecule has 0 heterocycles. The number of esters is 1. The first kappa shape index (κ1) is 18.9. The van der Waals surface area contributed by atoms with Crippen LogP contribution in [-0.2, 0) is 9.53 Å². The summed E-state index contributed by atoms with van der Waals surface area (Å²) in [5.74, 6) is -1.39. The van der Waals surface area contributed by atoms with Gasteiger partial charge in [-0.1, -0.05) is 27.5 Å². The Labute approximate surface area is 156 Å². The zero-order valence-corrected chi connectivity index (χ0v) is 15.2. The van der Waals surface area contributed by atoms with E-state index in [1.54, 1.807) is 24.3 Å². The summed E-state index contributed by atoms with van der Waals surface area (Å²) in [4.78, 5) is 34.3. The lowest BCUT2D eigenvalue weighted by molar-refractivity contribution is -0.384. The second-order valence-corrected chi connectivity index (χ2v) is 6.29. The van der Waals surface area contributed by atoms with Crippen molar-refractivity contribution in [2.45, 2.75) is 13.0 Å². The SMILES string of the molecule is CC(OC(=O)c1ccc(Cl)c([N+](=O)[O-])c1)C(=O)Nc1ccc(Br)cc1. The molecular formula is C16H12BrClN2O5. The van der Waals surface area contributed by atoms with Crippen LogP contribution in [0.4, 0.5) is 11.4 Å². The molecule has 1 N–H and O–H groups in total. The molecule has 2 aromatic rings. The van der Waals surface area contributed by atoms with Crippen molar-refractivity contribution in [3.63, 3.8) is 0 Å². The highest BCUT2D eigenvalue weighted by molar-refractivity contribution is 9.10. The largest absolute Gasteiger partial charge is 0.449 e. The molecule has 2 aromatic carbocycles. The van der Waals surface area contributed by atoms with Crippen LogP contribution in [0.3, 0.4) is 0 Å². The maximum Gasteiger partial charge on any atom is 0.339 e. The minimum atomic E-state index is -1.09. The minimum Gasteiger partial charge on any atom is -0.449 e. The first-order valence-corrected chi connectivity index (χ1v) is 8.16. The van der Waals surface area contributed by atoms with Gasteiger partial charge in [-0.2, -0.15) is 0 Å². The van der Waals surface area contributed by atoms with E-state index in [0.29, 0.717) is 5.69 Å². The number of carbonyl (C=O) groups excluding carboxylic acids is 2. The molecule has 0 aliphatic heterocycles. The molecule has 25 heavy (non-hydrogen) atoms. The second kappa shape index (κ2) is 8.09. The molecule has 0 radical (unpaired) electrons. The lowest BCUT2D eigenvalue weighted by atomic mass is 10.2. The van der Waals surface area contributed by atoms with Crippen molar-refractivity contribution in [3.05, 3.63) is 67.6 Å². The normalized spacial score (nSPS) is 11.5. The number of carbonyl (C=O) groups is 2. The number of nitrogens with zero attached hydrogens (tertiary/aromatic N) is 1. The van der Waals surface area contributed by atoms with Crippen molar-refractivity contribution in [1.29, 1.82) is 0 Å². The average molecular weight is 428 g/mol. The lowest BCUT2D eigenvalue weighted by Gasteiger charge is -2.13. The molecule has 1 atom stereocenters. The molecule has 0 saturated heterocycles. The number of amides is 1. The third-order valence-corrected chi connectivity index (χ3v) is 3.99. The number of anilines is 1. The van der Waals surface area contributed by atoms with Gasteiger partial charge < -0.3 is 10.1 Å². The Morgan fingerprint density at radius 3 is 2.48 bits per heavy atom. The number of nitro groups is 1. The van der Waals surface area contributed by atoms with Crippen molar-refractivity contribution in [3.8, 4) is 0 Å². The molecule has 0 spiro atoms. The van der Waals surface area contributed by atoms with E-state index >= 15 is 0 Å². The van der Waals surface area contributed by atoms with Crippen LogP contribution >= 0.6 is 27.5 Å². The van der Waals surface area contributed by atoms with Crippen LogP contribution in [0.15, 0.2) is 46.9 Å². The van der Waals surface area contributed by atoms with Crippen LogP contribution in [0.2, 0.25) is 5.02 Å². The topological polar surface area (TPSA) is 98.5 Å². The van der Waals surface area contributed by atoms with Gasteiger partial charge >= 0.3 is 5.97 Å². The lowest BCUT2D eigenvalue weighted by Crippen LogP contribution is -2.30. The molecule has 0 saturated carbocycles. The molecule has 0 aliphatic rings. The number of rotatable bonds is 5. The van der Waals surface area contributed by atoms with E-state index in [0.717, 1.165) is 10.5 Å². The van der Waals surface area contributed by atoms with E-state index in [2.05, 4.69) is 21.2 Å². The van der Waals surface area contributed by atoms with Gasteiger partial charge in [-0.05, 0) is 43.3 Å². The van der Waals surface area contributed by atoms with Gasteiger partial charge in [0.05, 0.1) is 10.5 Å². The van der Waals surface area contributed by atoms with Crippen LogP contribution in [0.5, 0.6) is 0 Å². The fraction of sp³-hybridized carbons (Fsp3) is 0.125. The molecule has 1 amide bonds. The van der Waals surface area contributed by atoms with Crippen molar-refractivity contribution in [2.24, 2.45) is 0 Å². The second-order valence-electron chi connectivity index (χ2n) is 4.97. The molecule has 2 rings (SSSR count). The number of nitro benzene ring substituents is 1. The number of hydrogen-bond acceptors (Lipinski definition) is 5. The van der Waals surface area contributed by atoms with Crippen molar-refractivity contribution in [2.75, 3.05) is 5.32 Å². The zero-order chi connectivity index (χ0) is 18.6. The summed E-state index contributed by atoms with van der Waals surface area (Å²) < 4.78 is 5.90. The van der Waals surface area contributed by atoms with Gasteiger partial charge in [-0.3, -0.25) is 14.9 Å². The monoisotopic (exact) mass is 426 g/mol. The maximum atomic E-state index is 12.1. The Balaban J connectivity index is 2.04. The third-order valence-electron chi connectivity index (χ3n) is 3.14. The van der Waals surface area contributed by atoms with E-state index in [1.165, 1.54) is 19.1 Å². The highest BCUT2D eigenvalue weighted by Crippen LogP contribution is 2.25. The van der Waals surface area contributed by atoms with Gasteiger partial charge in [-0.15, -0.1) is 0 Å². The van der Waals surface area contributed by atoms with E-state index in [-0.39, 0.29) is 10.6 Å². The van der Waals surface area contributed by atoms with Crippen LogP contribution in [-0.4, -0.2) is 22.9 Å². The summed E-state index contributed by atoms with van der Waals surface area (Å²) in [6, 6.07) is 10.4. The van der Waals surface area contributed by atoms with Gasteiger partial charge in [0.1, 0.15) is 5.02 Å². The molecule has 0 aliphatic carbocycles. The van der Waals surface area contributed by atoms with Crippen LogP contribution in [0.1, 0.15) is 17.3 Å². The first-order chi connectivity index (χ1) is 11.8. The van der Waals surface area contributed by atoms with Crippen LogP contribution in [0.25, 0.3) is 0 Å². The van der Waals surface area contributed by atoms with Crippen molar-refractivity contribution >= 4 is 50.8 Å².